The predicted molar refractivity (Wildman–Crippen MR) is 53.3 cm³/mol. The summed E-state index contributed by atoms with van der Waals surface area (Å²) in [7, 11) is 0. The normalized spacial score (nSPS) is 16.9. The van der Waals surface area contributed by atoms with E-state index in [0.29, 0.717) is 11.9 Å². The molecule has 0 spiro atoms. The van der Waals surface area contributed by atoms with Crippen molar-refractivity contribution >= 4 is 5.84 Å². The molecule has 0 unspecified atom stereocenters. The molecular weight excluding hydrogens is 181 g/mol. The maximum atomic E-state index is 12.6. The Labute approximate surface area is 81.8 Å². The number of hydrogen-bond acceptors (Lipinski definition) is 2. The fourth-order valence-electron chi connectivity index (χ4n) is 1.19. The third kappa shape index (κ3) is 2.09. The fraction of sp³-hybridized carbons (Fsp3) is 0.300. The second-order valence-electron chi connectivity index (χ2n) is 3.36. The number of aliphatic imine (C=N–C) groups is 1. The SMILES string of the molecule is NNC(=NC1CC1)c1ccc(F)cc1. The highest BCUT2D eigenvalue weighted by atomic mass is 19.1. The zero-order valence-corrected chi connectivity index (χ0v) is 7.70. The molecule has 4 heteroatoms. The van der Waals surface area contributed by atoms with Crippen molar-refractivity contribution in [1.29, 1.82) is 0 Å². The van der Waals surface area contributed by atoms with Gasteiger partial charge in [0, 0.05) is 5.56 Å². The standard InChI is InChI=1S/C10H12FN3/c11-8-3-1-7(2-4-8)10(14-12)13-9-5-6-9/h1-4,9H,5-6,12H2,(H,13,14). The number of rotatable bonds is 2. The van der Waals surface area contributed by atoms with E-state index in [4.69, 9.17) is 5.84 Å². The van der Waals surface area contributed by atoms with Gasteiger partial charge < -0.3 is 5.43 Å². The lowest BCUT2D eigenvalue weighted by Crippen LogP contribution is -2.31. The summed E-state index contributed by atoms with van der Waals surface area (Å²) in [4.78, 5) is 4.36. The van der Waals surface area contributed by atoms with Gasteiger partial charge in [-0.05, 0) is 37.1 Å². The number of amidine groups is 1. The van der Waals surface area contributed by atoms with E-state index < -0.39 is 0 Å². The molecule has 1 aliphatic rings. The zero-order chi connectivity index (χ0) is 9.97. The van der Waals surface area contributed by atoms with Crippen LogP contribution in [0.25, 0.3) is 0 Å². The van der Waals surface area contributed by atoms with E-state index in [-0.39, 0.29) is 5.82 Å². The minimum Gasteiger partial charge on any atom is -0.308 e. The molecular formula is C10H12FN3. The zero-order valence-electron chi connectivity index (χ0n) is 7.70. The third-order valence-corrected chi connectivity index (χ3v) is 2.11. The molecule has 0 atom stereocenters. The van der Waals surface area contributed by atoms with Gasteiger partial charge in [0.05, 0.1) is 6.04 Å². The van der Waals surface area contributed by atoms with Gasteiger partial charge in [-0.15, -0.1) is 0 Å². The minimum absolute atomic E-state index is 0.253. The van der Waals surface area contributed by atoms with E-state index in [9.17, 15) is 4.39 Å². The van der Waals surface area contributed by atoms with Crippen LogP contribution in [0.1, 0.15) is 18.4 Å². The maximum absolute atomic E-state index is 12.6. The molecule has 3 N–H and O–H groups in total. The number of hydrogen-bond donors (Lipinski definition) is 2. The number of nitrogens with zero attached hydrogens (tertiary/aromatic N) is 1. The molecule has 3 nitrogen and oxygen atoms in total. The van der Waals surface area contributed by atoms with Crippen molar-refractivity contribution in [3.63, 3.8) is 0 Å². The topological polar surface area (TPSA) is 50.4 Å². The Hall–Kier alpha value is -1.42. The van der Waals surface area contributed by atoms with Crippen LogP contribution in [0.3, 0.4) is 0 Å². The summed E-state index contributed by atoms with van der Waals surface area (Å²) < 4.78 is 12.6. The van der Waals surface area contributed by atoms with Crippen LogP contribution >= 0.6 is 0 Å². The van der Waals surface area contributed by atoms with Crippen molar-refractivity contribution in [2.45, 2.75) is 18.9 Å². The average Bonchev–Trinajstić information content (AvgIpc) is 3.00. The van der Waals surface area contributed by atoms with Gasteiger partial charge in [0.25, 0.3) is 0 Å². The molecule has 0 heterocycles. The number of hydrazine groups is 1. The number of nitrogens with two attached hydrogens (primary N) is 1. The highest BCUT2D eigenvalue weighted by molar-refractivity contribution is 5.98. The van der Waals surface area contributed by atoms with Crippen molar-refractivity contribution in [2.75, 3.05) is 0 Å². The molecule has 0 aromatic heterocycles. The summed E-state index contributed by atoms with van der Waals surface area (Å²) in [6, 6.07) is 6.52. The van der Waals surface area contributed by atoms with Crippen molar-refractivity contribution in [3.8, 4) is 0 Å². The van der Waals surface area contributed by atoms with Crippen LogP contribution in [0.15, 0.2) is 29.3 Å². The highest BCUT2D eigenvalue weighted by Crippen LogP contribution is 2.24. The van der Waals surface area contributed by atoms with Crippen LogP contribution in [-0.4, -0.2) is 11.9 Å². The first-order chi connectivity index (χ1) is 6.79. The predicted octanol–water partition coefficient (Wildman–Crippen LogP) is 1.20. The van der Waals surface area contributed by atoms with Crippen LogP contribution in [-0.2, 0) is 0 Å². The third-order valence-electron chi connectivity index (χ3n) is 2.11. The Balaban J connectivity index is 2.22. The average molecular weight is 193 g/mol. The van der Waals surface area contributed by atoms with Crippen LogP contribution in [0.5, 0.6) is 0 Å². The lowest BCUT2D eigenvalue weighted by Gasteiger charge is -2.04. The molecule has 0 radical (unpaired) electrons. The molecule has 1 aromatic carbocycles. The van der Waals surface area contributed by atoms with Gasteiger partial charge in [-0.1, -0.05) is 0 Å². The second kappa shape index (κ2) is 3.75. The molecule has 0 bridgehead atoms. The Morgan fingerprint density at radius 3 is 2.50 bits per heavy atom. The largest absolute Gasteiger partial charge is 0.308 e. The van der Waals surface area contributed by atoms with Gasteiger partial charge >= 0.3 is 0 Å². The fourth-order valence-corrected chi connectivity index (χ4v) is 1.19. The minimum atomic E-state index is -0.253. The monoisotopic (exact) mass is 193 g/mol. The van der Waals surface area contributed by atoms with Gasteiger partial charge in [-0.3, -0.25) is 4.99 Å². The number of nitrogens with one attached hydrogen (secondary N) is 1. The highest BCUT2D eigenvalue weighted by Gasteiger charge is 2.21. The Bertz CT molecular complexity index is 341. The first-order valence-corrected chi connectivity index (χ1v) is 4.60. The summed E-state index contributed by atoms with van der Waals surface area (Å²) in [5, 5.41) is 0. The van der Waals surface area contributed by atoms with Crippen LogP contribution in [0, 0.1) is 5.82 Å². The van der Waals surface area contributed by atoms with E-state index in [1.54, 1.807) is 12.1 Å². The van der Waals surface area contributed by atoms with Gasteiger partial charge in [0.15, 0.2) is 0 Å². The molecule has 1 fully saturated rings. The van der Waals surface area contributed by atoms with Gasteiger partial charge in [-0.2, -0.15) is 0 Å². The molecule has 1 saturated carbocycles. The quantitative estimate of drug-likeness (QED) is 0.321. The molecule has 74 valence electrons. The summed E-state index contributed by atoms with van der Waals surface area (Å²) in [6.45, 7) is 0. The molecule has 2 rings (SSSR count). The first-order valence-electron chi connectivity index (χ1n) is 4.60. The van der Waals surface area contributed by atoms with Crippen molar-refractivity contribution in [3.05, 3.63) is 35.6 Å². The smallest absolute Gasteiger partial charge is 0.142 e. The van der Waals surface area contributed by atoms with E-state index in [1.807, 2.05) is 0 Å². The lowest BCUT2D eigenvalue weighted by atomic mass is 10.2. The van der Waals surface area contributed by atoms with E-state index in [2.05, 4.69) is 10.4 Å². The van der Waals surface area contributed by atoms with Crippen LogP contribution in [0.4, 0.5) is 4.39 Å². The molecule has 0 amide bonds. The Morgan fingerprint density at radius 1 is 1.36 bits per heavy atom. The van der Waals surface area contributed by atoms with Crippen LogP contribution < -0.4 is 11.3 Å². The van der Waals surface area contributed by atoms with Gasteiger partial charge in [-0.25, -0.2) is 10.2 Å². The van der Waals surface area contributed by atoms with Crippen molar-refractivity contribution < 1.29 is 4.39 Å². The maximum Gasteiger partial charge on any atom is 0.142 e. The summed E-state index contributed by atoms with van der Waals surface area (Å²) >= 11 is 0. The van der Waals surface area contributed by atoms with E-state index in [0.717, 1.165) is 18.4 Å². The lowest BCUT2D eigenvalue weighted by molar-refractivity contribution is 0.627. The molecule has 0 saturated heterocycles. The Kier molecular flexibility index (Phi) is 2.45. The first kappa shape index (κ1) is 9.15. The van der Waals surface area contributed by atoms with Crippen LogP contribution in [0.2, 0.25) is 0 Å². The second-order valence-corrected chi connectivity index (χ2v) is 3.36. The molecule has 14 heavy (non-hydrogen) atoms. The van der Waals surface area contributed by atoms with Gasteiger partial charge in [0.1, 0.15) is 11.7 Å². The molecule has 0 aliphatic heterocycles. The van der Waals surface area contributed by atoms with E-state index >= 15 is 0 Å². The number of benzene rings is 1. The summed E-state index contributed by atoms with van der Waals surface area (Å²) in [5.74, 6) is 5.72. The number of halogens is 1. The van der Waals surface area contributed by atoms with Gasteiger partial charge in [0.2, 0.25) is 0 Å². The van der Waals surface area contributed by atoms with Crippen molar-refractivity contribution in [1.82, 2.24) is 5.43 Å². The molecule has 1 aromatic rings. The summed E-state index contributed by atoms with van der Waals surface area (Å²) in [5.41, 5.74) is 3.36. The van der Waals surface area contributed by atoms with E-state index in [1.165, 1.54) is 12.1 Å². The summed E-state index contributed by atoms with van der Waals surface area (Å²) in [6.07, 6.45) is 2.23. The molecule has 1 aliphatic carbocycles. The van der Waals surface area contributed by atoms with Crippen molar-refractivity contribution in [2.24, 2.45) is 10.8 Å². The Morgan fingerprint density at radius 2 is 2.00 bits per heavy atom.